The van der Waals surface area contributed by atoms with Gasteiger partial charge in [0.1, 0.15) is 24.5 Å². The molecule has 28 heavy (non-hydrogen) atoms. The number of nitrogens with one attached hydrogen (secondary N) is 1. The maximum atomic E-state index is 12.3. The molecule has 1 heterocycles. The van der Waals surface area contributed by atoms with Gasteiger partial charge in [-0.15, -0.1) is 0 Å². The second-order valence-corrected chi connectivity index (χ2v) is 6.71. The third kappa shape index (κ3) is 5.57. The Morgan fingerprint density at radius 3 is 2.50 bits per heavy atom. The van der Waals surface area contributed by atoms with Gasteiger partial charge in [0.2, 0.25) is 5.91 Å². The second-order valence-electron chi connectivity index (χ2n) is 6.71. The third-order valence-corrected chi connectivity index (χ3v) is 4.64. The van der Waals surface area contributed by atoms with Crippen molar-refractivity contribution in [3.05, 3.63) is 65.7 Å². The summed E-state index contributed by atoms with van der Waals surface area (Å²) < 4.78 is 16.0. The smallest absolute Gasteiger partial charge is 0.328 e. The van der Waals surface area contributed by atoms with Crippen LogP contribution in [0.4, 0.5) is 0 Å². The van der Waals surface area contributed by atoms with Gasteiger partial charge < -0.3 is 19.5 Å². The van der Waals surface area contributed by atoms with Gasteiger partial charge in [0.05, 0.1) is 7.11 Å². The summed E-state index contributed by atoms with van der Waals surface area (Å²) in [6.45, 7) is 1.06. The highest BCUT2D eigenvalue weighted by molar-refractivity contribution is 5.87. The summed E-state index contributed by atoms with van der Waals surface area (Å²) in [7, 11) is 1.31. The molecule has 2 atom stereocenters. The predicted molar refractivity (Wildman–Crippen MR) is 104 cm³/mol. The zero-order valence-electron chi connectivity index (χ0n) is 15.9. The molecule has 6 heteroatoms. The van der Waals surface area contributed by atoms with Gasteiger partial charge in [0.25, 0.3) is 0 Å². The van der Waals surface area contributed by atoms with Crippen molar-refractivity contribution in [2.24, 2.45) is 0 Å². The number of rotatable bonds is 8. The quantitative estimate of drug-likeness (QED) is 0.710. The normalized spacial score (nSPS) is 17.0. The lowest BCUT2D eigenvalue weighted by Crippen LogP contribution is -2.47. The molecule has 2 aromatic rings. The minimum absolute atomic E-state index is 0.268. The summed E-state index contributed by atoms with van der Waals surface area (Å²) in [5.74, 6) is -0.00271. The first kappa shape index (κ1) is 19.9. The molecule has 0 unspecified atom stereocenters. The minimum atomic E-state index is -0.752. The molecule has 2 aromatic carbocycles. The number of esters is 1. The van der Waals surface area contributed by atoms with Crippen LogP contribution in [0, 0.1) is 0 Å². The van der Waals surface area contributed by atoms with Crippen molar-refractivity contribution < 1.29 is 23.8 Å². The highest BCUT2D eigenvalue weighted by Crippen LogP contribution is 2.17. The standard InChI is InChI=1S/C22H25NO5/c1-26-22(25)19(23-21(24)20-8-5-13-27-20)14-16-9-11-18(12-10-16)28-15-17-6-3-2-4-7-17/h2-4,6-7,9-12,19-20H,5,8,13-15H2,1H3,(H,23,24)/t19-,20+/m0/s1. The molecule has 1 N–H and O–H groups in total. The van der Waals surface area contributed by atoms with E-state index in [9.17, 15) is 9.59 Å². The van der Waals surface area contributed by atoms with E-state index in [1.807, 2.05) is 54.6 Å². The van der Waals surface area contributed by atoms with Crippen LogP contribution in [0.5, 0.6) is 5.75 Å². The molecule has 1 aliphatic heterocycles. The van der Waals surface area contributed by atoms with E-state index in [0.717, 1.165) is 23.3 Å². The molecule has 0 radical (unpaired) electrons. The van der Waals surface area contributed by atoms with Crippen LogP contribution >= 0.6 is 0 Å². The highest BCUT2D eigenvalue weighted by atomic mass is 16.5. The summed E-state index contributed by atoms with van der Waals surface area (Å²) in [5.41, 5.74) is 1.99. The fourth-order valence-corrected chi connectivity index (χ4v) is 3.08. The molecule has 6 nitrogen and oxygen atoms in total. The Labute approximate surface area is 164 Å². The van der Waals surface area contributed by atoms with E-state index in [-0.39, 0.29) is 5.91 Å². The lowest BCUT2D eigenvalue weighted by molar-refractivity contribution is -0.146. The summed E-state index contributed by atoms with van der Waals surface area (Å²) >= 11 is 0. The number of amides is 1. The SMILES string of the molecule is COC(=O)[C@H](Cc1ccc(OCc2ccccc2)cc1)NC(=O)[C@H]1CCCO1. The van der Waals surface area contributed by atoms with Crippen molar-refractivity contribution in [1.82, 2.24) is 5.32 Å². The van der Waals surface area contributed by atoms with Gasteiger partial charge in [0, 0.05) is 13.0 Å². The molecular weight excluding hydrogens is 358 g/mol. The Morgan fingerprint density at radius 1 is 1.11 bits per heavy atom. The Kier molecular flexibility index (Phi) is 7.03. The van der Waals surface area contributed by atoms with Gasteiger partial charge in [-0.2, -0.15) is 0 Å². The lowest BCUT2D eigenvalue weighted by atomic mass is 10.1. The van der Waals surface area contributed by atoms with E-state index in [0.29, 0.717) is 26.1 Å². The number of benzene rings is 2. The molecule has 3 rings (SSSR count). The first-order chi connectivity index (χ1) is 13.7. The number of ether oxygens (including phenoxy) is 3. The van der Waals surface area contributed by atoms with Crippen LogP contribution < -0.4 is 10.1 Å². The molecule has 1 amide bonds. The van der Waals surface area contributed by atoms with Crippen molar-refractivity contribution in [1.29, 1.82) is 0 Å². The molecular formula is C22H25NO5. The largest absolute Gasteiger partial charge is 0.489 e. The Bertz CT molecular complexity index is 769. The summed E-state index contributed by atoms with van der Waals surface area (Å²) in [5, 5.41) is 2.75. The highest BCUT2D eigenvalue weighted by Gasteiger charge is 2.28. The molecule has 1 saturated heterocycles. The van der Waals surface area contributed by atoms with E-state index in [1.54, 1.807) is 0 Å². The van der Waals surface area contributed by atoms with Crippen molar-refractivity contribution in [2.45, 2.75) is 38.0 Å². The van der Waals surface area contributed by atoms with Crippen LogP contribution in [-0.4, -0.2) is 37.7 Å². The van der Waals surface area contributed by atoms with Gasteiger partial charge in [-0.05, 0) is 36.1 Å². The van der Waals surface area contributed by atoms with Crippen LogP contribution in [0.3, 0.4) is 0 Å². The van der Waals surface area contributed by atoms with Crippen molar-refractivity contribution >= 4 is 11.9 Å². The van der Waals surface area contributed by atoms with E-state index in [2.05, 4.69) is 5.32 Å². The van der Waals surface area contributed by atoms with E-state index >= 15 is 0 Å². The first-order valence-electron chi connectivity index (χ1n) is 9.41. The van der Waals surface area contributed by atoms with Gasteiger partial charge in [-0.1, -0.05) is 42.5 Å². The predicted octanol–water partition coefficient (Wildman–Crippen LogP) is 2.64. The fraction of sp³-hybridized carbons (Fsp3) is 0.364. The first-order valence-corrected chi connectivity index (χ1v) is 9.41. The molecule has 148 valence electrons. The number of hydrogen-bond acceptors (Lipinski definition) is 5. The average Bonchev–Trinajstić information content (AvgIpc) is 3.28. The van der Waals surface area contributed by atoms with Crippen LogP contribution in [-0.2, 0) is 32.1 Å². The van der Waals surface area contributed by atoms with Crippen molar-refractivity contribution in [3.8, 4) is 5.75 Å². The zero-order chi connectivity index (χ0) is 19.8. The number of carbonyl (C=O) groups excluding carboxylic acids is 2. The van der Waals surface area contributed by atoms with Gasteiger partial charge in [-0.3, -0.25) is 4.79 Å². The Morgan fingerprint density at radius 2 is 1.86 bits per heavy atom. The van der Waals surface area contributed by atoms with Crippen LogP contribution in [0.1, 0.15) is 24.0 Å². The van der Waals surface area contributed by atoms with Gasteiger partial charge in [-0.25, -0.2) is 4.79 Å². The zero-order valence-corrected chi connectivity index (χ0v) is 15.9. The van der Waals surface area contributed by atoms with Crippen molar-refractivity contribution in [3.63, 3.8) is 0 Å². The number of methoxy groups -OCH3 is 1. The van der Waals surface area contributed by atoms with Crippen LogP contribution in [0.25, 0.3) is 0 Å². The van der Waals surface area contributed by atoms with Crippen molar-refractivity contribution in [2.75, 3.05) is 13.7 Å². The van der Waals surface area contributed by atoms with E-state index in [4.69, 9.17) is 14.2 Å². The minimum Gasteiger partial charge on any atom is -0.489 e. The van der Waals surface area contributed by atoms with E-state index < -0.39 is 18.1 Å². The van der Waals surface area contributed by atoms with Crippen LogP contribution in [0.15, 0.2) is 54.6 Å². The average molecular weight is 383 g/mol. The van der Waals surface area contributed by atoms with E-state index in [1.165, 1.54) is 7.11 Å². The fourth-order valence-electron chi connectivity index (χ4n) is 3.08. The van der Waals surface area contributed by atoms with Crippen LogP contribution in [0.2, 0.25) is 0 Å². The summed E-state index contributed by atoms with van der Waals surface area (Å²) in [6, 6.07) is 16.6. The lowest BCUT2D eigenvalue weighted by Gasteiger charge is -2.19. The maximum absolute atomic E-state index is 12.3. The summed E-state index contributed by atoms with van der Waals surface area (Å²) in [4.78, 5) is 24.4. The molecule has 1 fully saturated rings. The Hall–Kier alpha value is -2.86. The molecule has 0 saturated carbocycles. The summed E-state index contributed by atoms with van der Waals surface area (Å²) in [6.07, 6.45) is 1.38. The number of carbonyl (C=O) groups is 2. The molecule has 0 spiro atoms. The molecule has 0 aliphatic carbocycles. The topological polar surface area (TPSA) is 73.9 Å². The maximum Gasteiger partial charge on any atom is 0.328 e. The molecule has 0 aromatic heterocycles. The third-order valence-electron chi connectivity index (χ3n) is 4.64. The van der Waals surface area contributed by atoms with Gasteiger partial charge in [0.15, 0.2) is 0 Å². The Balaban J connectivity index is 1.57. The molecule has 1 aliphatic rings. The monoisotopic (exact) mass is 383 g/mol. The van der Waals surface area contributed by atoms with Gasteiger partial charge >= 0.3 is 5.97 Å². The second kappa shape index (κ2) is 9.90. The number of hydrogen-bond donors (Lipinski definition) is 1. The molecule has 0 bridgehead atoms.